The van der Waals surface area contributed by atoms with Crippen molar-refractivity contribution in [3.8, 4) is 22.3 Å². The first-order chi connectivity index (χ1) is 74.4. The van der Waals surface area contributed by atoms with Gasteiger partial charge in [0.1, 0.15) is 50.2 Å². The molecule has 0 aliphatic carbocycles. The molecule has 0 atom stereocenters. The third kappa shape index (κ3) is 16.4. The van der Waals surface area contributed by atoms with E-state index in [0.29, 0.717) is 0 Å². The molecule has 23 aromatic carbocycles. The molecule has 29 aromatic rings. The van der Waals surface area contributed by atoms with Crippen LogP contribution in [0, 0.1) is 0 Å². The number of para-hydroxylation sites is 13. The summed E-state index contributed by atoms with van der Waals surface area (Å²) in [6, 6.07) is 194. The lowest BCUT2D eigenvalue weighted by molar-refractivity contribution is 0.668. The van der Waals surface area contributed by atoms with Crippen LogP contribution in [-0.2, 0) is 0 Å². The Kier molecular flexibility index (Phi) is 22.7. The highest BCUT2D eigenvalue weighted by molar-refractivity contribution is 6.19. The number of hydrogen-bond donors (Lipinski definition) is 0. The van der Waals surface area contributed by atoms with Gasteiger partial charge in [-0.1, -0.05) is 309 Å². The summed E-state index contributed by atoms with van der Waals surface area (Å²) in [4.78, 5) is 13.7. The van der Waals surface area contributed by atoms with E-state index in [2.05, 4.69) is 497 Å². The standard InChI is InChI=1S/2C48H32N2O2.C42H28N2O2/c2*1-4-13-33(14-5-1)34-23-25-37(26-24-34)49(39-27-29-41-40-19-10-11-22-45(40)51-47(41)32-39)38-28-30-46-43(31-38)42-20-12-21-44(48(42)52-46)50(35-15-6-2-7-16-35)36-17-8-3-9-18-36;1-4-14-29(15-5-1)43(30-16-6-2-7-17-30)37-23-12-21-35-41-36(22-13-25-39(41)46-42(35)37)44(31-18-8-3-9-19-31)32-26-27-34-33-20-10-11-24-38(33)45-40(34)28-32/h2*1-32H;1-28H. The second-order valence-corrected chi connectivity index (χ2v) is 37.3. The first-order valence-electron chi connectivity index (χ1n) is 50.5. The van der Waals surface area contributed by atoms with Gasteiger partial charge < -0.3 is 55.9 Å². The molecule has 6 heterocycles. The highest BCUT2D eigenvalue weighted by Crippen LogP contribution is 2.53. The van der Waals surface area contributed by atoms with E-state index >= 15 is 0 Å². The van der Waals surface area contributed by atoms with Gasteiger partial charge in [-0.05, 0) is 253 Å². The van der Waals surface area contributed by atoms with Gasteiger partial charge in [0, 0.05) is 157 Å². The molecule has 0 aliphatic rings. The first-order valence-corrected chi connectivity index (χ1v) is 50.5. The van der Waals surface area contributed by atoms with E-state index in [1.807, 2.05) is 91.0 Å². The third-order valence-electron chi connectivity index (χ3n) is 28.3. The number of rotatable bonds is 20. The van der Waals surface area contributed by atoms with E-state index in [-0.39, 0.29) is 0 Å². The van der Waals surface area contributed by atoms with E-state index in [1.54, 1.807) is 0 Å². The molecule has 0 N–H and O–H groups in total. The molecule has 0 saturated heterocycles. The van der Waals surface area contributed by atoms with E-state index in [0.717, 1.165) is 234 Å². The topological polar surface area (TPSA) is 98.3 Å². The van der Waals surface area contributed by atoms with Gasteiger partial charge >= 0.3 is 0 Å². The molecule has 12 nitrogen and oxygen atoms in total. The van der Waals surface area contributed by atoms with Gasteiger partial charge in [0.05, 0.1) is 28.1 Å². The van der Waals surface area contributed by atoms with Crippen LogP contribution >= 0.6 is 0 Å². The molecule has 6 aromatic heterocycles. The highest BCUT2D eigenvalue weighted by Gasteiger charge is 2.29. The summed E-state index contributed by atoms with van der Waals surface area (Å²) in [5, 5.41) is 13.0. The SMILES string of the molecule is c1ccc(-c2ccc(N(c3ccc4c(c3)oc3ccccc34)c3ccc4oc5c(N(c6ccccc6)c6ccccc6)cccc5c4c3)cc2)cc1.c1ccc(-c2ccc(N(c3ccc4c(c3)oc3ccccc34)c3ccc4oc5c(N(c6ccccc6)c6ccccc6)cccc5c4c3)cc2)cc1.c1ccc(N(c2ccccc2)c2cccc3c2oc2cccc(N(c4ccccc4)c4ccc5c(c4)oc4ccccc45)c23)cc1. The summed E-state index contributed by atoms with van der Waals surface area (Å²) in [6.45, 7) is 0. The molecule has 150 heavy (non-hydrogen) atoms. The molecule has 710 valence electrons. The van der Waals surface area contributed by atoms with Crippen LogP contribution < -0.4 is 29.4 Å². The summed E-state index contributed by atoms with van der Waals surface area (Å²) < 4.78 is 39.3. The molecule has 0 amide bonds. The van der Waals surface area contributed by atoms with Crippen molar-refractivity contribution in [1.29, 1.82) is 0 Å². The molecule has 0 radical (unpaired) electrons. The lowest BCUT2D eigenvalue weighted by Gasteiger charge is -2.26. The maximum absolute atomic E-state index is 6.79. The number of nitrogens with zero attached hydrogens (tertiary/aromatic N) is 6. The van der Waals surface area contributed by atoms with Gasteiger partial charge in [-0.2, -0.15) is 0 Å². The average molecular weight is 1930 g/mol. The minimum atomic E-state index is 0.826. The van der Waals surface area contributed by atoms with E-state index in [9.17, 15) is 0 Å². The van der Waals surface area contributed by atoms with Crippen molar-refractivity contribution in [3.63, 3.8) is 0 Å². The molecule has 0 saturated carbocycles. The van der Waals surface area contributed by atoms with Gasteiger partial charge in [0.15, 0.2) is 16.7 Å². The zero-order valence-electron chi connectivity index (χ0n) is 81.2. The van der Waals surface area contributed by atoms with Gasteiger partial charge in [-0.25, -0.2) is 0 Å². The number of anilines is 18. The van der Waals surface area contributed by atoms with Crippen LogP contribution in [0.3, 0.4) is 0 Å². The maximum atomic E-state index is 6.79. The Balaban J connectivity index is 0.000000111. The average Bonchev–Trinajstić information content (AvgIpc) is 1.58. The number of fused-ring (bicyclic) bond motifs is 18. The molecule has 0 unspecified atom stereocenters. The zero-order valence-corrected chi connectivity index (χ0v) is 81.2. The highest BCUT2D eigenvalue weighted by atomic mass is 16.4. The normalized spacial score (nSPS) is 11.5. The smallest absolute Gasteiger partial charge is 0.159 e. The van der Waals surface area contributed by atoms with Gasteiger partial charge in [-0.3, -0.25) is 0 Å². The van der Waals surface area contributed by atoms with E-state index in [1.165, 1.54) is 22.3 Å². The molecule has 29 rings (SSSR count). The van der Waals surface area contributed by atoms with E-state index in [4.69, 9.17) is 26.5 Å². The lowest BCUT2D eigenvalue weighted by Crippen LogP contribution is -2.10. The summed E-state index contributed by atoms with van der Waals surface area (Å²) in [5.74, 6) is 0. The van der Waals surface area contributed by atoms with Crippen molar-refractivity contribution in [1.82, 2.24) is 0 Å². The fraction of sp³-hybridized carbons (Fsp3) is 0. The molecule has 0 fully saturated rings. The summed E-state index contributed by atoms with van der Waals surface area (Å²) >= 11 is 0. The first kappa shape index (κ1) is 88.6. The van der Waals surface area contributed by atoms with Crippen molar-refractivity contribution in [2.45, 2.75) is 0 Å². The Morgan fingerprint density at radius 2 is 0.320 bits per heavy atom. The third-order valence-corrected chi connectivity index (χ3v) is 28.3. The van der Waals surface area contributed by atoms with Crippen LogP contribution in [0.25, 0.3) is 154 Å². The van der Waals surface area contributed by atoms with Crippen LogP contribution in [0.1, 0.15) is 0 Å². The molecule has 12 heteroatoms. The molecular weight excluding hydrogens is 1840 g/mol. The zero-order chi connectivity index (χ0) is 99.3. The fourth-order valence-electron chi connectivity index (χ4n) is 21.4. The fourth-order valence-corrected chi connectivity index (χ4v) is 21.4. The number of furan rings is 6. The predicted octanol–water partition coefficient (Wildman–Crippen LogP) is 40.6. The van der Waals surface area contributed by atoms with Crippen molar-refractivity contribution in [3.05, 3.63) is 558 Å². The summed E-state index contributed by atoms with van der Waals surface area (Å²) in [6.07, 6.45) is 0. The number of benzene rings is 23. The molecular formula is C138H92N6O6. The van der Waals surface area contributed by atoms with Crippen molar-refractivity contribution in [2.24, 2.45) is 0 Å². The van der Waals surface area contributed by atoms with Gasteiger partial charge in [0.25, 0.3) is 0 Å². The van der Waals surface area contributed by atoms with Gasteiger partial charge in [-0.15, -0.1) is 0 Å². The summed E-state index contributed by atoms with van der Waals surface area (Å²) in [5.41, 5.74) is 33.5. The van der Waals surface area contributed by atoms with Crippen LogP contribution in [-0.4, -0.2) is 0 Å². The van der Waals surface area contributed by atoms with Crippen LogP contribution in [0.15, 0.2) is 585 Å². The monoisotopic (exact) mass is 1930 g/mol. The predicted molar refractivity (Wildman–Crippen MR) is 622 cm³/mol. The molecule has 0 aliphatic heterocycles. The maximum Gasteiger partial charge on any atom is 0.159 e. The second-order valence-electron chi connectivity index (χ2n) is 37.3. The Hall–Kier alpha value is -20.3. The minimum Gasteiger partial charge on any atom is -0.456 e. The van der Waals surface area contributed by atoms with E-state index < -0.39 is 0 Å². The lowest BCUT2D eigenvalue weighted by atomic mass is 10.0. The van der Waals surface area contributed by atoms with Crippen molar-refractivity contribution >= 4 is 234 Å². The summed E-state index contributed by atoms with van der Waals surface area (Å²) in [7, 11) is 0. The molecule has 0 bridgehead atoms. The van der Waals surface area contributed by atoms with Crippen molar-refractivity contribution < 1.29 is 26.5 Å². The Morgan fingerprint density at radius 1 is 0.107 bits per heavy atom. The van der Waals surface area contributed by atoms with Crippen molar-refractivity contribution in [2.75, 3.05) is 29.4 Å². The largest absolute Gasteiger partial charge is 0.456 e. The Labute approximate surface area is 864 Å². The van der Waals surface area contributed by atoms with Crippen LogP contribution in [0.2, 0.25) is 0 Å². The van der Waals surface area contributed by atoms with Gasteiger partial charge in [0.2, 0.25) is 0 Å². The molecule has 0 spiro atoms. The second kappa shape index (κ2) is 38.4. The minimum absolute atomic E-state index is 0.826. The van der Waals surface area contributed by atoms with Crippen LogP contribution in [0.5, 0.6) is 0 Å². The number of hydrogen-bond acceptors (Lipinski definition) is 12. The Morgan fingerprint density at radius 3 is 0.660 bits per heavy atom. The van der Waals surface area contributed by atoms with Crippen LogP contribution in [0.4, 0.5) is 102 Å². The quantitative estimate of drug-likeness (QED) is 0.0727. The Bertz CT molecular complexity index is 9460.